The van der Waals surface area contributed by atoms with E-state index in [1.807, 2.05) is 4.90 Å². The topological polar surface area (TPSA) is 36.0 Å². The van der Waals surface area contributed by atoms with Crippen LogP contribution in [0.2, 0.25) is 0 Å². The molecular weight excluding hydrogens is 455 g/mol. The van der Waals surface area contributed by atoms with Gasteiger partial charge in [0.2, 0.25) is 5.91 Å². The molecule has 1 amide bonds. The zero-order chi connectivity index (χ0) is 24.7. The van der Waals surface area contributed by atoms with Crippen molar-refractivity contribution < 1.29 is 22.7 Å². The fourth-order valence-electron chi connectivity index (χ4n) is 6.17. The first-order chi connectivity index (χ1) is 16.8. The molecule has 0 saturated carbocycles. The lowest BCUT2D eigenvalue weighted by molar-refractivity contribution is -0.137. The molecule has 5 rings (SSSR count). The minimum Gasteiger partial charge on any atom is -0.380 e. The van der Waals surface area contributed by atoms with Gasteiger partial charge in [-0.25, -0.2) is 13.2 Å². The number of halogens is 3. The molecule has 3 heterocycles. The summed E-state index contributed by atoms with van der Waals surface area (Å²) in [6.45, 7) is 7.58. The van der Waals surface area contributed by atoms with Crippen LogP contribution in [-0.2, 0) is 9.53 Å². The van der Waals surface area contributed by atoms with Crippen molar-refractivity contribution in [2.75, 3.05) is 44.3 Å². The van der Waals surface area contributed by atoms with Gasteiger partial charge >= 0.3 is 0 Å². The van der Waals surface area contributed by atoms with Crippen molar-refractivity contribution in [2.45, 2.75) is 44.3 Å². The average molecular weight is 488 g/mol. The van der Waals surface area contributed by atoms with Gasteiger partial charge in [0.25, 0.3) is 0 Å². The van der Waals surface area contributed by atoms with Crippen molar-refractivity contribution in [3.63, 3.8) is 0 Å². The monoisotopic (exact) mass is 487 g/mol. The van der Waals surface area contributed by atoms with Crippen molar-refractivity contribution in [1.29, 1.82) is 0 Å². The summed E-state index contributed by atoms with van der Waals surface area (Å²) in [5, 5.41) is 0. The minimum absolute atomic E-state index is 0.0117. The summed E-state index contributed by atoms with van der Waals surface area (Å²) in [6, 6.07) is 10.4. The highest BCUT2D eigenvalue weighted by atomic mass is 19.1. The molecule has 3 fully saturated rings. The number of carbonyl (C=O) groups is 1. The number of piperazine rings is 1. The van der Waals surface area contributed by atoms with Crippen molar-refractivity contribution in [3.8, 4) is 0 Å². The second kappa shape index (κ2) is 9.82. The Morgan fingerprint density at radius 3 is 2.23 bits per heavy atom. The third-order valence-electron chi connectivity index (χ3n) is 7.80. The molecule has 0 spiro atoms. The van der Waals surface area contributed by atoms with E-state index in [1.54, 1.807) is 12.1 Å². The Morgan fingerprint density at radius 2 is 1.60 bits per heavy atom. The molecule has 5 nitrogen and oxygen atoms in total. The maximum Gasteiger partial charge on any atom is 0.227 e. The summed E-state index contributed by atoms with van der Waals surface area (Å²) in [7, 11) is 0. The van der Waals surface area contributed by atoms with Crippen molar-refractivity contribution in [3.05, 3.63) is 65.5 Å². The summed E-state index contributed by atoms with van der Waals surface area (Å²) in [5.41, 5.74) is 1.33. The lowest BCUT2D eigenvalue weighted by Crippen LogP contribution is -2.59. The van der Waals surface area contributed by atoms with Crippen LogP contribution in [0.5, 0.6) is 0 Å². The third kappa shape index (κ3) is 4.78. The number of rotatable bonds is 4. The van der Waals surface area contributed by atoms with E-state index in [0.717, 1.165) is 18.2 Å². The average Bonchev–Trinajstić information content (AvgIpc) is 3.49. The number of amides is 1. The molecule has 8 heteroatoms. The third-order valence-corrected chi connectivity index (χ3v) is 7.80. The SMILES string of the molecule is C[C@@H]1CN(C(=O)[C@H]2CN(C3CCOC3)C[C@@H]2c2ccc(F)cc2F)C[C@H](C)N1c1ccc(F)cc1. The molecule has 3 aliphatic heterocycles. The number of hydrogen-bond donors (Lipinski definition) is 0. The predicted molar refractivity (Wildman–Crippen MR) is 128 cm³/mol. The van der Waals surface area contributed by atoms with Crippen LogP contribution in [0.1, 0.15) is 31.7 Å². The molecule has 35 heavy (non-hydrogen) atoms. The summed E-state index contributed by atoms with van der Waals surface area (Å²) in [6.07, 6.45) is 0.893. The van der Waals surface area contributed by atoms with Gasteiger partial charge in [-0.2, -0.15) is 0 Å². The van der Waals surface area contributed by atoms with Gasteiger partial charge in [-0.15, -0.1) is 0 Å². The Hall–Kier alpha value is -2.58. The van der Waals surface area contributed by atoms with Crippen molar-refractivity contribution in [1.82, 2.24) is 9.80 Å². The molecule has 0 aliphatic carbocycles. The maximum absolute atomic E-state index is 14.8. The summed E-state index contributed by atoms with van der Waals surface area (Å²) in [5.74, 6) is -2.23. The largest absolute Gasteiger partial charge is 0.380 e. The lowest BCUT2D eigenvalue weighted by Gasteiger charge is -2.46. The van der Waals surface area contributed by atoms with E-state index >= 15 is 0 Å². The van der Waals surface area contributed by atoms with E-state index in [0.29, 0.717) is 45.0 Å². The standard InChI is InChI=1S/C27H32F3N3O2/c1-17-12-32(13-18(2)33(17)21-6-3-19(28)4-7-21)27(34)25-15-31(22-9-10-35-16-22)14-24(25)23-8-5-20(29)11-26(23)30/h3-8,11,17-18,22,24-25H,9-10,12-16H2,1-2H3/t17-,18+,22?,24-,25+/m1/s1. The Labute approximate surface area is 204 Å². The first kappa shape index (κ1) is 24.1. The minimum atomic E-state index is -0.618. The van der Waals surface area contributed by atoms with Gasteiger partial charge in [-0.1, -0.05) is 6.07 Å². The van der Waals surface area contributed by atoms with Crippen LogP contribution in [0.15, 0.2) is 42.5 Å². The molecule has 188 valence electrons. The molecule has 0 N–H and O–H groups in total. The van der Waals surface area contributed by atoms with Crippen LogP contribution in [-0.4, -0.2) is 73.2 Å². The molecule has 2 aromatic carbocycles. The number of carbonyl (C=O) groups excluding carboxylic acids is 1. The summed E-state index contributed by atoms with van der Waals surface area (Å²) < 4.78 is 47.4. The smallest absolute Gasteiger partial charge is 0.227 e. The molecule has 3 aliphatic rings. The molecular formula is C27H32F3N3O2. The summed E-state index contributed by atoms with van der Waals surface area (Å²) in [4.78, 5) is 20.3. The molecule has 1 unspecified atom stereocenters. The van der Waals surface area contributed by atoms with E-state index in [-0.39, 0.29) is 35.8 Å². The van der Waals surface area contributed by atoms with Gasteiger partial charge in [0.15, 0.2) is 0 Å². The second-order valence-electron chi connectivity index (χ2n) is 10.2. The molecule has 0 aromatic heterocycles. The van der Waals surface area contributed by atoms with E-state index in [9.17, 15) is 18.0 Å². The van der Waals surface area contributed by atoms with Crippen LogP contribution in [0, 0.1) is 23.4 Å². The van der Waals surface area contributed by atoms with Gasteiger partial charge in [-0.05, 0) is 56.2 Å². The normalized spacial score (nSPS) is 29.7. The highest BCUT2D eigenvalue weighted by molar-refractivity contribution is 5.81. The molecule has 2 aromatic rings. The van der Waals surface area contributed by atoms with Crippen molar-refractivity contribution in [2.24, 2.45) is 5.92 Å². The zero-order valence-corrected chi connectivity index (χ0v) is 20.2. The van der Waals surface area contributed by atoms with Crippen LogP contribution < -0.4 is 4.90 Å². The van der Waals surface area contributed by atoms with E-state index in [4.69, 9.17) is 4.74 Å². The number of benzene rings is 2. The first-order valence-electron chi connectivity index (χ1n) is 12.4. The lowest BCUT2D eigenvalue weighted by atomic mass is 9.87. The molecule has 3 saturated heterocycles. The highest BCUT2D eigenvalue weighted by Gasteiger charge is 2.45. The maximum atomic E-state index is 14.8. The van der Waals surface area contributed by atoms with Crippen molar-refractivity contribution >= 4 is 11.6 Å². The summed E-state index contributed by atoms with van der Waals surface area (Å²) >= 11 is 0. The van der Waals surface area contributed by atoms with Gasteiger partial charge in [-0.3, -0.25) is 9.69 Å². The van der Waals surface area contributed by atoms with Gasteiger partial charge in [0.05, 0.1) is 12.5 Å². The van der Waals surface area contributed by atoms with E-state index in [1.165, 1.54) is 24.3 Å². The predicted octanol–water partition coefficient (Wildman–Crippen LogP) is 4.03. The second-order valence-corrected chi connectivity index (χ2v) is 10.2. The number of anilines is 1. The number of ether oxygens (including phenoxy) is 1. The quantitative estimate of drug-likeness (QED) is 0.653. The first-order valence-corrected chi connectivity index (χ1v) is 12.4. The highest BCUT2D eigenvalue weighted by Crippen LogP contribution is 2.38. The van der Waals surface area contributed by atoms with Crippen LogP contribution in [0.25, 0.3) is 0 Å². The molecule has 5 atom stereocenters. The number of likely N-dealkylation sites (tertiary alicyclic amines) is 1. The Kier molecular flexibility index (Phi) is 6.77. The Morgan fingerprint density at radius 1 is 0.914 bits per heavy atom. The van der Waals surface area contributed by atoms with Crippen LogP contribution in [0.4, 0.5) is 18.9 Å². The van der Waals surface area contributed by atoms with Gasteiger partial charge < -0.3 is 14.5 Å². The fourth-order valence-corrected chi connectivity index (χ4v) is 6.17. The van der Waals surface area contributed by atoms with E-state index < -0.39 is 17.6 Å². The number of nitrogens with zero attached hydrogens (tertiary/aromatic N) is 3. The van der Waals surface area contributed by atoms with Crippen LogP contribution in [0.3, 0.4) is 0 Å². The molecule has 0 radical (unpaired) electrons. The van der Waals surface area contributed by atoms with E-state index in [2.05, 4.69) is 23.6 Å². The Balaban J connectivity index is 1.37. The van der Waals surface area contributed by atoms with Gasteiger partial charge in [0, 0.05) is 68.6 Å². The molecule has 0 bridgehead atoms. The fraction of sp³-hybridized carbons (Fsp3) is 0.519. The Bertz CT molecular complexity index is 1050. The zero-order valence-electron chi connectivity index (χ0n) is 20.2. The number of hydrogen-bond acceptors (Lipinski definition) is 4. The van der Waals surface area contributed by atoms with Crippen LogP contribution >= 0.6 is 0 Å². The van der Waals surface area contributed by atoms with Gasteiger partial charge in [0.1, 0.15) is 17.5 Å².